The molecule has 24 atom stereocenters. The Balaban J connectivity index is 1.18. The Morgan fingerprint density at radius 3 is 0.985 bits per heavy atom. The highest BCUT2D eigenvalue weighted by Crippen LogP contribution is 2.33. The number of rotatable bonds is 26. The lowest BCUT2D eigenvalue weighted by atomic mass is 9.86. The van der Waals surface area contributed by atoms with Crippen molar-refractivity contribution in [3.63, 3.8) is 0 Å². The van der Waals surface area contributed by atoms with Gasteiger partial charge in [-0.05, 0) is 6.42 Å². The Bertz CT molecular complexity index is 1390. The standard InChI is InChI=1S/C43H78O25/c1-57-9-20-4-25(48)31(64-26(20)5-44)16-63-15-30-24(13-62-18-33-41(54)36(49)21(10-58-2)27(6-45)66-33)39(52)43(56)35(68-30)19-61-12-23-29(8-47)67-34(42(55)38(23)51)17-60-11-22-28(7-46)65-32(14-59-3)40(53)37(22)50/h20-56H,4-19H2,1-3H3. The molecular weight excluding hydrogens is 916 g/mol. The summed E-state index contributed by atoms with van der Waals surface area (Å²) < 4.78 is 68.4. The summed E-state index contributed by atoms with van der Waals surface area (Å²) in [6, 6.07) is 0. The summed E-state index contributed by atoms with van der Waals surface area (Å²) in [4.78, 5) is 0. The van der Waals surface area contributed by atoms with E-state index in [0.29, 0.717) is 0 Å². The van der Waals surface area contributed by atoms with Crippen LogP contribution in [0.5, 0.6) is 0 Å². The van der Waals surface area contributed by atoms with Crippen LogP contribution in [-0.2, 0) is 56.8 Å². The molecule has 13 N–H and O–H groups in total. The predicted molar refractivity (Wildman–Crippen MR) is 227 cm³/mol. The first kappa shape index (κ1) is 57.9. The number of hydrogen-bond donors (Lipinski definition) is 13. The maximum Gasteiger partial charge on any atom is 0.110 e. The largest absolute Gasteiger partial charge is 0.394 e. The van der Waals surface area contributed by atoms with E-state index in [-0.39, 0.29) is 91.6 Å². The highest BCUT2D eigenvalue weighted by Gasteiger charge is 2.50. The van der Waals surface area contributed by atoms with Gasteiger partial charge in [-0.1, -0.05) is 0 Å². The first-order chi connectivity index (χ1) is 32.7. The second-order valence-electron chi connectivity index (χ2n) is 18.5. The summed E-state index contributed by atoms with van der Waals surface area (Å²) in [7, 11) is 4.32. The van der Waals surface area contributed by atoms with Crippen LogP contribution in [0, 0.1) is 29.6 Å². The molecule has 24 unspecified atom stereocenters. The molecule has 0 aromatic heterocycles. The van der Waals surface area contributed by atoms with Crippen molar-refractivity contribution >= 4 is 0 Å². The van der Waals surface area contributed by atoms with E-state index in [1.807, 2.05) is 0 Å². The van der Waals surface area contributed by atoms with E-state index in [0.717, 1.165) is 0 Å². The molecular formula is C43H78O25. The molecule has 5 fully saturated rings. The lowest BCUT2D eigenvalue weighted by molar-refractivity contribution is -0.254. The minimum absolute atomic E-state index is 0.0155. The van der Waals surface area contributed by atoms with Gasteiger partial charge in [-0.3, -0.25) is 0 Å². The zero-order valence-electron chi connectivity index (χ0n) is 38.9. The molecule has 0 aromatic rings. The molecule has 5 saturated heterocycles. The van der Waals surface area contributed by atoms with Gasteiger partial charge >= 0.3 is 0 Å². The van der Waals surface area contributed by atoms with E-state index >= 15 is 0 Å². The van der Waals surface area contributed by atoms with Gasteiger partial charge in [0.15, 0.2) is 0 Å². The molecule has 0 spiro atoms. The van der Waals surface area contributed by atoms with Gasteiger partial charge in [-0.15, -0.1) is 0 Å². The van der Waals surface area contributed by atoms with Crippen LogP contribution < -0.4 is 0 Å². The maximum atomic E-state index is 11.5. The van der Waals surface area contributed by atoms with Gasteiger partial charge in [0.05, 0.1) is 160 Å². The van der Waals surface area contributed by atoms with Crippen LogP contribution in [0.25, 0.3) is 0 Å². The molecule has 5 heterocycles. The monoisotopic (exact) mass is 994 g/mol. The number of aliphatic hydroxyl groups is 13. The molecule has 68 heavy (non-hydrogen) atoms. The molecule has 25 heteroatoms. The number of ether oxygens (including phenoxy) is 12. The van der Waals surface area contributed by atoms with Crippen LogP contribution in [0.4, 0.5) is 0 Å². The molecule has 0 saturated carbocycles. The fraction of sp³-hybridized carbons (Fsp3) is 1.00. The normalized spacial score (nSPS) is 44.8. The molecule has 0 bridgehead atoms. The fourth-order valence-electron chi connectivity index (χ4n) is 9.86. The van der Waals surface area contributed by atoms with E-state index in [4.69, 9.17) is 56.8 Å². The topological polar surface area (TPSA) is 374 Å². The van der Waals surface area contributed by atoms with Crippen molar-refractivity contribution in [1.29, 1.82) is 0 Å². The highest BCUT2D eigenvalue weighted by molar-refractivity contribution is 4.97. The number of hydrogen-bond acceptors (Lipinski definition) is 25. The van der Waals surface area contributed by atoms with Crippen LogP contribution in [0.2, 0.25) is 0 Å². The molecule has 5 rings (SSSR count). The number of methoxy groups -OCH3 is 3. The third kappa shape index (κ3) is 14.4. The van der Waals surface area contributed by atoms with Gasteiger partial charge in [0.1, 0.15) is 54.9 Å². The third-order valence-electron chi connectivity index (χ3n) is 14.0. The van der Waals surface area contributed by atoms with Crippen molar-refractivity contribution in [2.75, 3.05) is 120 Å². The van der Waals surface area contributed by atoms with Gasteiger partial charge in [0, 0.05) is 50.9 Å². The Morgan fingerprint density at radius 2 is 0.603 bits per heavy atom. The second kappa shape index (κ2) is 28.5. The average molecular weight is 995 g/mol. The van der Waals surface area contributed by atoms with E-state index in [1.165, 1.54) is 21.3 Å². The zero-order chi connectivity index (χ0) is 49.7. The quantitative estimate of drug-likeness (QED) is 0.0383. The van der Waals surface area contributed by atoms with Crippen molar-refractivity contribution in [2.24, 2.45) is 29.6 Å². The molecule has 0 aliphatic carbocycles. The molecule has 0 amide bonds. The van der Waals surface area contributed by atoms with Gasteiger partial charge in [0.2, 0.25) is 0 Å². The second-order valence-corrected chi connectivity index (χ2v) is 18.5. The minimum atomic E-state index is -1.57. The van der Waals surface area contributed by atoms with Crippen molar-refractivity contribution in [1.82, 2.24) is 0 Å². The van der Waals surface area contributed by atoms with E-state index in [2.05, 4.69) is 0 Å². The SMILES string of the molecule is COCC1CC(O)C(COCC2OC(COCC3C(CO)OC(COCC4C(CO)OC(COC)C(O)C4O)C(O)C3O)C(O)C(O)C2COCC2OC(CO)C(COC)C(O)C2O)OC1CO. The molecule has 5 aliphatic rings. The highest BCUT2D eigenvalue weighted by atomic mass is 16.6. The lowest BCUT2D eigenvalue weighted by Crippen LogP contribution is -2.60. The molecule has 25 nitrogen and oxygen atoms in total. The molecule has 400 valence electrons. The van der Waals surface area contributed by atoms with Gasteiger partial charge in [-0.25, -0.2) is 0 Å². The summed E-state index contributed by atoms with van der Waals surface area (Å²) >= 11 is 0. The Hall–Kier alpha value is -1.00. The van der Waals surface area contributed by atoms with Crippen LogP contribution in [0.1, 0.15) is 6.42 Å². The number of aliphatic hydroxyl groups excluding tert-OH is 13. The predicted octanol–water partition coefficient (Wildman–Crippen LogP) is -7.48. The summed E-state index contributed by atoms with van der Waals surface area (Å²) in [6.45, 7) is -3.78. The Kier molecular flexibility index (Phi) is 24.2. The molecule has 0 aromatic carbocycles. The maximum absolute atomic E-state index is 11.5. The summed E-state index contributed by atoms with van der Waals surface area (Å²) in [5, 5.41) is 139. The summed E-state index contributed by atoms with van der Waals surface area (Å²) in [6.07, 6.45) is -21.8. The van der Waals surface area contributed by atoms with Crippen molar-refractivity contribution in [3.8, 4) is 0 Å². The van der Waals surface area contributed by atoms with E-state index in [9.17, 15) is 66.4 Å². The summed E-state index contributed by atoms with van der Waals surface area (Å²) in [5.41, 5.74) is 0. The first-order valence-electron chi connectivity index (χ1n) is 23.3. The Labute approximate surface area is 395 Å². The Morgan fingerprint density at radius 1 is 0.309 bits per heavy atom. The smallest absolute Gasteiger partial charge is 0.110 e. The fourth-order valence-corrected chi connectivity index (χ4v) is 9.86. The van der Waals surface area contributed by atoms with E-state index < -0.39 is 159 Å². The van der Waals surface area contributed by atoms with Gasteiger partial charge in [-0.2, -0.15) is 0 Å². The average Bonchev–Trinajstić information content (AvgIpc) is 3.33. The third-order valence-corrected chi connectivity index (χ3v) is 14.0. The minimum Gasteiger partial charge on any atom is -0.394 e. The van der Waals surface area contributed by atoms with Crippen molar-refractivity contribution in [3.05, 3.63) is 0 Å². The van der Waals surface area contributed by atoms with Crippen LogP contribution >= 0.6 is 0 Å². The van der Waals surface area contributed by atoms with Crippen LogP contribution in [-0.4, -0.2) is 303 Å². The molecule has 0 radical (unpaired) electrons. The van der Waals surface area contributed by atoms with Crippen molar-refractivity contribution < 1.29 is 123 Å². The van der Waals surface area contributed by atoms with Crippen LogP contribution in [0.15, 0.2) is 0 Å². The zero-order valence-corrected chi connectivity index (χ0v) is 38.9. The van der Waals surface area contributed by atoms with Gasteiger partial charge in [0.25, 0.3) is 0 Å². The molecule has 5 aliphatic heterocycles. The summed E-state index contributed by atoms with van der Waals surface area (Å²) in [5.74, 6) is -3.81. The lowest BCUT2D eigenvalue weighted by Gasteiger charge is -2.45. The van der Waals surface area contributed by atoms with Gasteiger partial charge < -0.3 is 123 Å². The first-order valence-corrected chi connectivity index (χ1v) is 23.3. The van der Waals surface area contributed by atoms with E-state index in [1.54, 1.807) is 0 Å². The van der Waals surface area contributed by atoms with Crippen LogP contribution in [0.3, 0.4) is 0 Å². The van der Waals surface area contributed by atoms with Crippen molar-refractivity contribution in [2.45, 2.75) is 122 Å².